The Labute approximate surface area is 125 Å². The van der Waals surface area contributed by atoms with Gasteiger partial charge in [0.05, 0.1) is 15.7 Å². The molecule has 0 saturated carbocycles. The zero-order chi connectivity index (χ0) is 14.4. The molecule has 2 aromatic rings. The van der Waals surface area contributed by atoms with E-state index in [1.54, 1.807) is 0 Å². The molecule has 0 heterocycles. The summed E-state index contributed by atoms with van der Waals surface area (Å²) in [5.41, 5.74) is 3.94. The zero-order valence-corrected chi connectivity index (χ0v) is 13.2. The van der Waals surface area contributed by atoms with Crippen LogP contribution in [0.2, 0.25) is 10.0 Å². The number of benzene rings is 2. The van der Waals surface area contributed by atoms with Crippen molar-refractivity contribution in [2.45, 2.75) is 27.7 Å². The van der Waals surface area contributed by atoms with Crippen LogP contribution in [0.15, 0.2) is 36.4 Å². The van der Waals surface area contributed by atoms with Crippen LogP contribution in [0, 0.1) is 13.8 Å². The Morgan fingerprint density at radius 2 is 1.47 bits per heavy atom. The van der Waals surface area contributed by atoms with Gasteiger partial charge in [-0.1, -0.05) is 61.3 Å². The zero-order valence-electron chi connectivity index (χ0n) is 11.7. The van der Waals surface area contributed by atoms with Crippen LogP contribution in [-0.2, 0) is 0 Å². The number of halogens is 2. The Morgan fingerprint density at radius 3 is 2.11 bits per heavy atom. The number of aryl methyl sites for hydroxylation is 2. The molecule has 0 unspecified atom stereocenters. The largest absolute Gasteiger partial charge is 0.353 e. The summed E-state index contributed by atoms with van der Waals surface area (Å²) in [6, 6.07) is 11.8. The maximum absolute atomic E-state index is 6.25. The van der Waals surface area contributed by atoms with E-state index in [1.807, 2.05) is 64.1 Å². The quantitative estimate of drug-likeness (QED) is 0.678. The van der Waals surface area contributed by atoms with E-state index < -0.39 is 0 Å². The van der Waals surface area contributed by atoms with Gasteiger partial charge in [0.2, 0.25) is 0 Å². The number of hydrogen-bond acceptors (Lipinski definition) is 1. The Balaban J connectivity index is 0.000000861. The first-order valence-electron chi connectivity index (χ1n) is 6.37. The first-order valence-corrected chi connectivity index (χ1v) is 7.12. The molecule has 2 rings (SSSR count). The van der Waals surface area contributed by atoms with Crippen LogP contribution in [0.25, 0.3) is 0 Å². The number of rotatable bonds is 2. The summed E-state index contributed by atoms with van der Waals surface area (Å²) in [5.74, 6) is 0. The minimum absolute atomic E-state index is 0.629. The summed E-state index contributed by atoms with van der Waals surface area (Å²) in [7, 11) is 0. The average Bonchev–Trinajstić information content (AvgIpc) is 2.43. The molecule has 0 atom stereocenters. The Hall–Kier alpha value is -1.18. The van der Waals surface area contributed by atoms with Gasteiger partial charge in [-0.3, -0.25) is 0 Å². The highest BCUT2D eigenvalue weighted by Gasteiger charge is 2.09. The van der Waals surface area contributed by atoms with Crippen molar-refractivity contribution < 1.29 is 0 Å². The second kappa shape index (κ2) is 7.42. The van der Waals surface area contributed by atoms with E-state index in [0.717, 1.165) is 22.5 Å². The Morgan fingerprint density at radius 1 is 0.842 bits per heavy atom. The minimum atomic E-state index is 0.629. The molecule has 0 bridgehead atoms. The Kier molecular flexibility index (Phi) is 6.20. The smallest absolute Gasteiger partial charge is 0.0765 e. The molecule has 2 aromatic carbocycles. The van der Waals surface area contributed by atoms with Crippen molar-refractivity contribution in [2.24, 2.45) is 0 Å². The first kappa shape index (κ1) is 15.9. The minimum Gasteiger partial charge on any atom is -0.353 e. The lowest BCUT2D eigenvalue weighted by Crippen LogP contribution is -1.95. The van der Waals surface area contributed by atoms with Crippen molar-refractivity contribution in [3.63, 3.8) is 0 Å². The molecular formula is C16H19Cl2N. The van der Waals surface area contributed by atoms with Gasteiger partial charge in [-0.25, -0.2) is 0 Å². The molecule has 0 aliphatic heterocycles. The van der Waals surface area contributed by atoms with Gasteiger partial charge in [0.1, 0.15) is 0 Å². The average molecular weight is 296 g/mol. The molecule has 0 aromatic heterocycles. The van der Waals surface area contributed by atoms with Gasteiger partial charge in [0.25, 0.3) is 0 Å². The van der Waals surface area contributed by atoms with Gasteiger partial charge in [0.15, 0.2) is 0 Å². The van der Waals surface area contributed by atoms with Crippen LogP contribution < -0.4 is 5.32 Å². The fourth-order valence-electron chi connectivity index (χ4n) is 1.62. The first-order chi connectivity index (χ1) is 9.09. The predicted octanol–water partition coefficient (Wildman–Crippen LogP) is 6.38. The van der Waals surface area contributed by atoms with E-state index in [-0.39, 0.29) is 0 Å². The highest BCUT2D eigenvalue weighted by molar-refractivity contribution is 6.39. The molecular weight excluding hydrogens is 277 g/mol. The molecule has 0 fully saturated rings. The van der Waals surface area contributed by atoms with Crippen LogP contribution in [0.1, 0.15) is 25.0 Å². The standard InChI is InChI=1S/C14H13Cl2N.C2H6/c1-9-5-3-4-6-12(9)17-14-11(15)8-7-10(2)13(14)16;1-2/h3-8,17H,1-2H3;1-2H3. The van der Waals surface area contributed by atoms with Gasteiger partial charge < -0.3 is 5.32 Å². The van der Waals surface area contributed by atoms with Crippen LogP contribution >= 0.6 is 23.2 Å². The topological polar surface area (TPSA) is 12.0 Å². The summed E-state index contributed by atoms with van der Waals surface area (Å²) in [5, 5.41) is 4.58. The molecule has 1 nitrogen and oxygen atoms in total. The van der Waals surface area contributed by atoms with Crippen LogP contribution in [0.5, 0.6) is 0 Å². The summed E-state index contributed by atoms with van der Waals surface area (Å²) in [6.45, 7) is 8.00. The van der Waals surface area contributed by atoms with E-state index in [9.17, 15) is 0 Å². The van der Waals surface area contributed by atoms with E-state index in [1.165, 1.54) is 0 Å². The van der Waals surface area contributed by atoms with Crippen molar-refractivity contribution in [3.05, 3.63) is 57.6 Å². The lowest BCUT2D eigenvalue weighted by atomic mass is 10.1. The van der Waals surface area contributed by atoms with E-state index >= 15 is 0 Å². The number of nitrogens with one attached hydrogen (secondary N) is 1. The van der Waals surface area contributed by atoms with Crippen LogP contribution in [0.4, 0.5) is 11.4 Å². The van der Waals surface area contributed by atoms with Crippen LogP contribution in [-0.4, -0.2) is 0 Å². The monoisotopic (exact) mass is 295 g/mol. The fraction of sp³-hybridized carbons (Fsp3) is 0.250. The second-order valence-electron chi connectivity index (χ2n) is 3.99. The Bertz CT molecular complexity index is 550. The molecule has 19 heavy (non-hydrogen) atoms. The van der Waals surface area contributed by atoms with Gasteiger partial charge in [0, 0.05) is 5.69 Å². The number of anilines is 2. The summed E-state index contributed by atoms with van der Waals surface area (Å²) >= 11 is 12.4. The van der Waals surface area contributed by atoms with Crippen molar-refractivity contribution in [2.75, 3.05) is 5.32 Å². The summed E-state index contributed by atoms with van der Waals surface area (Å²) in [4.78, 5) is 0. The van der Waals surface area contributed by atoms with Crippen molar-refractivity contribution >= 4 is 34.6 Å². The van der Waals surface area contributed by atoms with E-state index in [2.05, 4.69) is 5.32 Å². The van der Waals surface area contributed by atoms with Gasteiger partial charge in [-0.2, -0.15) is 0 Å². The molecule has 0 amide bonds. The summed E-state index contributed by atoms with van der Waals surface area (Å²) in [6.07, 6.45) is 0. The molecule has 3 heteroatoms. The lowest BCUT2D eigenvalue weighted by molar-refractivity contribution is 1.41. The van der Waals surface area contributed by atoms with Crippen molar-refractivity contribution in [3.8, 4) is 0 Å². The molecule has 102 valence electrons. The maximum Gasteiger partial charge on any atom is 0.0765 e. The van der Waals surface area contributed by atoms with Crippen molar-refractivity contribution in [1.29, 1.82) is 0 Å². The highest BCUT2D eigenvalue weighted by Crippen LogP contribution is 2.35. The number of para-hydroxylation sites is 1. The van der Waals surface area contributed by atoms with Gasteiger partial charge >= 0.3 is 0 Å². The summed E-state index contributed by atoms with van der Waals surface area (Å²) < 4.78 is 0. The number of hydrogen-bond donors (Lipinski definition) is 1. The third kappa shape index (κ3) is 3.89. The molecule has 0 saturated heterocycles. The second-order valence-corrected chi connectivity index (χ2v) is 4.78. The third-order valence-electron chi connectivity index (χ3n) is 2.69. The lowest BCUT2D eigenvalue weighted by Gasteiger charge is -2.13. The molecule has 0 aliphatic rings. The highest BCUT2D eigenvalue weighted by atomic mass is 35.5. The molecule has 1 N–H and O–H groups in total. The predicted molar refractivity (Wildman–Crippen MR) is 87.0 cm³/mol. The maximum atomic E-state index is 6.25. The van der Waals surface area contributed by atoms with Crippen LogP contribution in [0.3, 0.4) is 0 Å². The SMILES string of the molecule is CC.Cc1ccccc1Nc1c(Cl)ccc(C)c1Cl. The molecule has 0 aliphatic carbocycles. The molecule has 0 spiro atoms. The normalized spacial score (nSPS) is 9.58. The fourth-order valence-corrected chi connectivity index (χ4v) is 2.08. The van der Waals surface area contributed by atoms with E-state index in [0.29, 0.717) is 10.0 Å². The van der Waals surface area contributed by atoms with Crippen molar-refractivity contribution in [1.82, 2.24) is 0 Å². The molecule has 0 radical (unpaired) electrons. The van der Waals surface area contributed by atoms with E-state index in [4.69, 9.17) is 23.2 Å². The van der Waals surface area contributed by atoms with Gasteiger partial charge in [-0.05, 0) is 37.1 Å². The van der Waals surface area contributed by atoms with Gasteiger partial charge in [-0.15, -0.1) is 0 Å². The third-order valence-corrected chi connectivity index (χ3v) is 3.49.